The van der Waals surface area contributed by atoms with Crippen LogP contribution < -0.4 is 10.6 Å². The molecule has 1 aliphatic heterocycles. The minimum atomic E-state index is 0. The standard InChI is InChI=1S/C22H42N6.HI/c1-7-23-22(24-12-8-9-13-28-14-10-11-17(2)16-28)25-18(3)15-21-19(4)26-27(6)20(21)5;/h17-18H,7-16H2,1-6H3,(H2,23,24,25);1H. The molecule has 1 saturated heterocycles. The third kappa shape index (κ3) is 8.82. The second-order valence-electron chi connectivity index (χ2n) is 8.54. The molecule has 0 aromatic carbocycles. The quantitative estimate of drug-likeness (QED) is 0.227. The second-order valence-corrected chi connectivity index (χ2v) is 8.54. The van der Waals surface area contributed by atoms with E-state index in [1.807, 2.05) is 11.7 Å². The Morgan fingerprint density at radius 2 is 2.07 bits per heavy atom. The number of halogens is 1. The van der Waals surface area contributed by atoms with E-state index in [9.17, 15) is 0 Å². The maximum absolute atomic E-state index is 4.80. The van der Waals surface area contributed by atoms with Gasteiger partial charge in [-0.25, -0.2) is 0 Å². The number of unbranched alkanes of at least 4 members (excludes halogenated alkanes) is 1. The monoisotopic (exact) mass is 518 g/mol. The lowest BCUT2D eigenvalue weighted by Gasteiger charge is -2.30. The summed E-state index contributed by atoms with van der Waals surface area (Å²) in [7, 11) is 2.01. The zero-order chi connectivity index (χ0) is 20.5. The molecule has 6 nitrogen and oxygen atoms in total. The van der Waals surface area contributed by atoms with E-state index in [0.717, 1.165) is 43.5 Å². The summed E-state index contributed by atoms with van der Waals surface area (Å²) in [4.78, 5) is 7.42. The van der Waals surface area contributed by atoms with Crippen molar-refractivity contribution < 1.29 is 0 Å². The van der Waals surface area contributed by atoms with Crippen LogP contribution in [0.3, 0.4) is 0 Å². The first-order chi connectivity index (χ1) is 13.4. The average Bonchev–Trinajstić information content (AvgIpc) is 2.87. The highest BCUT2D eigenvalue weighted by Gasteiger charge is 2.16. The molecule has 1 aromatic rings. The Labute approximate surface area is 195 Å². The Hall–Kier alpha value is -0.830. The van der Waals surface area contributed by atoms with Gasteiger partial charge in [-0.1, -0.05) is 6.92 Å². The molecule has 2 N–H and O–H groups in total. The largest absolute Gasteiger partial charge is 0.357 e. The lowest BCUT2D eigenvalue weighted by molar-refractivity contribution is 0.181. The number of nitrogens with zero attached hydrogens (tertiary/aromatic N) is 4. The number of aliphatic imine (C=N–C) groups is 1. The smallest absolute Gasteiger partial charge is 0.191 e. The van der Waals surface area contributed by atoms with Crippen LogP contribution in [0.4, 0.5) is 0 Å². The third-order valence-corrected chi connectivity index (χ3v) is 5.79. The molecular weight excluding hydrogens is 475 g/mol. The fraction of sp³-hybridized carbons (Fsp3) is 0.818. The van der Waals surface area contributed by atoms with E-state index in [4.69, 9.17) is 4.99 Å². The molecule has 168 valence electrons. The lowest BCUT2D eigenvalue weighted by atomic mass is 10.0. The summed E-state index contributed by atoms with van der Waals surface area (Å²) in [6, 6.07) is 0.314. The van der Waals surface area contributed by atoms with Crippen LogP contribution in [0.15, 0.2) is 4.99 Å². The molecule has 0 radical (unpaired) electrons. The molecule has 0 aliphatic carbocycles. The van der Waals surface area contributed by atoms with Crippen molar-refractivity contribution in [3.05, 3.63) is 17.0 Å². The van der Waals surface area contributed by atoms with Crippen molar-refractivity contribution >= 4 is 29.9 Å². The van der Waals surface area contributed by atoms with E-state index < -0.39 is 0 Å². The molecule has 2 unspecified atom stereocenters. The highest BCUT2D eigenvalue weighted by atomic mass is 127. The maximum Gasteiger partial charge on any atom is 0.191 e. The zero-order valence-corrected chi connectivity index (χ0v) is 21.8. The first-order valence-corrected chi connectivity index (χ1v) is 11.2. The van der Waals surface area contributed by atoms with Gasteiger partial charge in [-0.3, -0.25) is 9.67 Å². The molecular formula is C22H43IN6. The van der Waals surface area contributed by atoms with Gasteiger partial charge in [0.15, 0.2) is 5.96 Å². The van der Waals surface area contributed by atoms with Gasteiger partial charge in [0.05, 0.1) is 5.69 Å². The van der Waals surface area contributed by atoms with Gasteiger partial charge in [-0.2, -0.15) is 5.10 Å². The number of guanidine groups is 1. The van der Waals surface area contributed by atoms with Gasteiger partial charge in [0.2, 0.25) is 0 Å². The van der Waals surface area contributed by atoms with Gasteiger partial charge < -0.3 is 15.5 Å². The topological polar surface area (TPSA) is 57.5 Å². The Morgan fingerprint density at radius 1 is 1.31 bits per heavy atom. The maximum atomic E-state index is 4.80. The lowest BCUT2D eigenvalue weighted by Crippen LogP contribution is -2.43. The van der Waals surface area contributed by atoms with Crippen molar-refractivity contribution in [2.75, 3.05) is 32.7 Å². The molecule has 7 heteroatoms. The number of hydrogen-bond donors (Lipinski definition) is 2. The van der Waals surface area contributed by atoms with Crippen LogP contribution in [0.5, 0.6) is 0 Å². The summed E-state index contributed by atoms with van der Waals surface area (Å²) < 4.78 is 1.97. The van der Waals surface area contributed by atoms with E-state index in [2.05, 4.69) is 55.3 Å². The van der Waals surface area contributed by atoms with Crippen LogP contribution in [0.25, 0.3) is 0 Å². The van der Waals surface area contributed by atoms with Gasteiger partial charge in [0, 0.05) is 38.4 Å². The number of aromatic nitrogens is 2. The summed E-state index contributed by atoms with van der Waals surface area (Å²) in [6.45, 7) is 16.5. The molecule has 2 rings (SSSR count). The Balaban J connectivity index is 0.00000420. The van der Waals surface area contributed by atoms with Crippen LogP contribution in [-0.4, -0.2) is 59.4 Å². The van der Waals surface area contributed by atoms with Gasteiger partial charge in [0.1, 0.15) is 0 Å². The van der Waals surface area contributed by atoms with Gasteiger partial charge in [-0.15, -0.1) is 24.0 Å². The van der Waals surface area contributed by atoms with E-state index >= 15 is 0 Å². The van der Waals surface area contributed by atoms with Crippen molar-refractivity contribution in [1.29, 1.82) is 0 Å². The average molecular weight is 519 g/mol. The molecule has 1 aromatic heterocycles. The number of likely N-dealkylation sites (tertiary alicyclic amines) is 1. The summed E-state index contributed by atoms with van der Waals surface area (Å²) >= 11 is 0. The highest BCUT2D eigenvalue weighted by molar-refractivity contribution is 14.0. The molecule has 1 fully saturated rings. The summed E-state index contributed by atoms with van der Waals surface area (Å²) in [5, 5.41) is 11.5. The van der Waals surface area contributed by atoms with Crippen molar-refractivity contribution in [2.45, 2.75) is 72.8 Å². The fourth-order valence-corrected chi connectivity index (χ4v) is 4.15. The van der Waals surface area contributed by atoms with E-state index in [1.165, 1.54) is 50.2 Å². The fourth-order valence-electron chi connectivity index (χ4n) is 4.15. The minimum absolute atomic E-state index is 0. The van der Waals surface area contributed by atoms with Gasteiger partial charge >= 0.3 is 0 Å². The molecule has 2 atom stereocenters. The molecule has 29 heavy (non-hydrogen) atoms. The number of aryl methyl sites for hydroxylation is 2. The molecule has 2 heterocycles. The normalized spacial score (nSPS) is 19.0. The van der Waals surface area contributed by atoms with Gasteiger partial charge in [0.25, 0.3) is 0 Å². The van der Waals surface area contributed by atoms with Crippen LogP contribution in [0, 0.1) is 19.8 Å². The highest BCUT2D eigenvalue weighted by Crippen LogP contribution is 2.16. The first-order valence-electron chi connectivity index (χ1n) is 11.2. The van der Waals surface area contributed by atoms with Crippen LogP contribution in [-0.2, 0) is 13.5 Å². The first kappa shape index (κ1) is 26.2. The predicted octanol–water partition coefficient (Wildman–Crippen LogP) is 3.65. The summed E-state index contributed by atoms with van der Waals surface area (Å²) in [5.41, 5.74) is 3.72. The summed E-state index contributed by atoms with van der Waals surface area (Å²) in [6.07, 6.45) is 6.11. The Kier molecular flexibility index (Phi) is 12.2. The Bertz CT molecular complexity index is 627. The van der Waals surface area contributed by atoms with Crippen LogP contribution >= 0.6 is 24.0 Å². The number of nitrogens with one attached hydrogen (secondary N) is 2. The molecule has 0 amide bonds. The zero-order valence-electron chi connectivity index (χ0n) is 19.4. The van der Waals surface area contributed by atoms with Crippen molar-refractivity contribution in [1.82, 2.24) is 25.3 Å². The molecule has 0 saturated carbocycles. The molecule has 0 spiro atoms. The van der Waals surface area contributed by atoms with Crippen molar-refractivity contribution in [2.24, 2.45) is 18.0 Å². The predicted molar refractivity (Wildman–Crippen MR) is 134 cm³/mol. The molecule has 1 aliphatic rings. The SMILES string of the molecule is CCNC(=NCCCCN1CCCC(C)C1)NC(C)Cc1c(C)nn(C)c1C.I. The number of piperidine rings is 1. The van der Waals surface area contributed by atoms with Crippen LogP contribution in [0.1, 0.15) is 63.4 Å². The van der Waals surface area contributed by atoms with Gasteiger partial charge in [-0.05, 0) is 84.4 Å². The molecule has 0 bridgehead atoms. The van der Waals surface area contributed by atoms with E-state index in [-0.39, 0.29) is 24.0 Å². The number of rotatable bonds is 9. The van der Waals surface area contributed by atoms with E-state index in [0.29, 0.717) is 6.04 Å². The van der Waals surface area contributed by atoms with Crippen LogP contribution in [0.2, 0.25) is 0 Å². The second kappa shape index (κ2) is 13.5. The van der Waals surface area contributed by atoms with Crippen molar-refractivity contribution in [3.63, 3.8) is 0 Å². The summed E-state index contributed by atoms with van der Waals surface area (Å²) in [5.74, 6) is 1.80. The number of hydrogen-bond acceptors (Lipinski definition) is 3. The van der Waals surface area contributed by atoms with Crippen molar-refractivity contribution in [3.8, 4) is 0 Å². The van der Waals surface area contributed by atoms with E-state index in [1.54, 1.807) is 0 Å². The Morgan fingerprint density at radius 3 is 2.69 bits per heavy atom. The third-order valence-electron chi connectivity index (χ3n) is 5.79. The minimum Gasteiger partial charge on any atom is -0.357 e.